The fourth-order valence-corrected chi connectivity index (χ4v) is 4.57. The van der Waals surface area contributed by atoms with Crippen molar-refractivity contribution in [1.82, 2.24) is 18.4 Å². The Kier molecular flexibility index (Phi) is 5.26. The average Bonchev–Trinajstić information content (AvgIpc) is 2.91. The van der Waals surface area contributed by atoms with Gasteiger partial charge in [0.2, 0.25) is 10.0 Å². The Morgan fingerprint density at radius 2 is 2.20 bits per heavy atom. The van der Waals surface area contributed by atoms with Crippen LogP contribution in [-0.4, -0.2) is 59.4 Å². The lowest BCUT2D eigenvalue weighted by Gasteiger charge is -2.32. The summed E-state index contributed by atoms with van der Waals surface area (Å²) >= 11 is 0. The van der Waals surface area contributed by atoms with Crippen LogP contribution in [0.4, 0.5) is 0 Å². The highest BCUT2D eigenvalue weighted by Gasteiger charge is 2.31. The van der Waals surface area contributed by atoms with Gasteiger partial charge in [0, 0.05) is 26.4 Å². The van der Waals surface area contributed by atoms with Crippen LogP contribution in [0.15, 0.2) is 23.1 Å². The van der Waals surface area contributed by atoms with E-state index in [1.54, 1.807) is 35.4 Å². The van der Waals surface area contributed by atoms with Crippen molar-refractivity contribution in [3.63, 3.8) is 0 Å². The van der Waals surface area contributed by atoms with E-state index in [4.69, 9.17) is 4.74 Å². The Bertz CT molecular complexity index is 902. The van der Waals surface area contributed by atoms with E-state index >= 15 is 0 Å². The minimum atomic E-state index is -3.26. The van der Waals surface area contributed by atoms with Gasteiger partial charge in [-0.3, -0.25) is 9.13 Å². The summed E-state index contributed by atoms with van der Waals surface area (Å²) in [4.78, 5) is 17.4. The second-order valence-corrected chi connectivity index (χ2v) is 8.46. The highest BCUT2D eigenvalue weighted by Crippen LogP contribution is 2.25. The molecule has 0 amide bonds. The Labute approximate surface area is 147 Å². The minimum Gasteiger partial charge on any atom is -0.383 e. The van der Waals surface area contributed by atoms with E-state index in [9.17, 15) is 13.2 Å². The first-order valence-corrected chi connectivity index (χ1v) is 10.1. The van der Waals surface area contributed by atoms with Crippen LogP contribution in [0.1, 0.15) is 25.8 Å². The molecule has 0 N–H and O–H groups in total. The Balaban J connectivity index is 2.03. The fraction of sp³-hybridized carbons (Fsp3) is 0.625. The molecule has 1 aliphatic rings. The standard InChI is InChI=1S/C16H24N4O4S/c1-3-25(22,23)18-9-5-6-13(12-18)20-15-14(7-4-8-17-15)19(16(20)21)10-11-24-2/h4,7-8,13H,3,5-6,9-12H2,1-2H3/t13-/m0/s1. The largest absolute Gasteiger partial charge is 0.383 e. The number of nitrogens with zero attached hydrogens (tertiary/aromatic N) is 4. The SMILES string of the molecule is CCS(=O)(=O)N1CCC[C@H](n2c(=O)n(CCOC)c3cccnc32)C1. The number of aromatic nitrogens is 3. The highest BCUT2D eigenvalue weighted by molar-refractivity contribution is 7.89. The molecular weight excluding hydrogens is 344 g/mol. The van der Waals surface area contributed by atoms with E-state index in [2.05, 4.69) is 4.98 Å². The number of rotatable bonds is 6. The van der Waals surface area contributed by atoms with Crippen molar-refractivity contribution in [3.8, 4) is 0 Å². The zero-order valence-corrected chi connectivity index (χ0v) is 15.4. The first-order chi connectivity index (χ1) is 12.0. The van der Waals surface area contributed by atoms with Crippen LogP contribution in [-0.2, 0) is 21.3 Å². The van der Waals surface area contributed by atoms with Crippen LogP contribution in [0.3, 0.4) is 0 Å². The van der Waals surface area contributed by atoms with E-state index in [0.717, 1.165) is 18.4 Å². The summed E-state index contributed by atoms with van der Waals surface area (Å²) in [5, 5.41) is 0. The normalized spacial score (nSPS) is 19.5. The molecule has 3 rings (SSSR count). The molecule has 1 aliphatic heterocycles. The number of hydrogen-bond donors (Lipinski definition) is 0. The maximum Gasteiger partial charge on any atom is 0.330 e. The molecule has 9 heteroatoms. The summed E-state index contributed by atoms with van der Waals surface area (Å²) in [5.74, 6) is 0.0719. The fourth-order valence-electron chi connectivity index (χ4n) is 3.40. The van der Waals surface area contributed by atoms with E-state index in [1.165, 1.54) is 4.31 Å². The molecule has 2 aromatic heterocycles. The summed E-state index contributed by atoms with van der Waals surface area (Å²) in [6.45, 7) is 3.33. The van der Waals surface area contributed by atoms with Gasteiger partial charge in [0.1, 0.15) is 0 Å². The zero-order chi connectivity index (χ0) is 18.0. The average molecular weight is 368 g/mol. The highest BCUT2D eigenvalue weighted by atomic mass is 32.2. The molecule has 3 heterocycles. The number of pyridine rings is 1. The van der Waals surface area contributed by atoms with Crippen molar-refractivity contribution >= 4 is 21.2 Å². The Morgan fingerprint density at radius 3 is 2.92 bits per heavy atom. The van der Waals surface area contributed by atoms with Gasteiger partial charge in [0.15, 0.2) is 5.65 Å². The molecule has 1 saturated heterocycles. The van der Waals surface area contributed by atoms with Crippen molar-refractivity contribution in [2.24, 2.45) is 0 Å². The first-order valence-electron chi connectivity index (χ1n) is 8.52. The number of imidazole rings is 1. The lowest BCUT2D eigenvalue weighted by molar-refractivity contribution is 0.186. The third-order valence-corrected chi connectivity index (χ3v) is 6.57. The monoisotopic (exact) mass is 368 g/mol. The molecule has 0 spiro atoms. The zero-order valence-electron chi connectivity index (χ0n) is 14.6. The van der Waals surface area contributed by atoms with E-state index < -0.39 is 10.0 Å². The topological polar surface area (TPSA) is 86.4 Å². The number of hydrogen-bond acceptors (Lipinski definition) is 5. The molecule has 0 saturated carbocycles. The maximum atomic E-state index is 13.0. The molecule has 0 aliphatic carbocycles. The van der Waals surface area contributed by atoms with E-state index in [1.807, 2.05) is 6.07 Å². The van der Waals surface area contributed by atoms with Crippen LogP contribution in [0, 0.1) is 0 Å². The molecular formula is C16H24N4O4S. The van der Waals surface area contributed by atoms with E-state index in [0.29, 0.717) is 31.9 Å². The van der Waals surface area contributed by atoms with Gasteiger partial charge in [0.05, 0.1) is 30.5 Å². The number of sulfonamides is 1. The molecule has 138 valence electrons. The van der Waals surface area contributed by atoms with Crippen molar-refractivity contribution in [3.05, 3.63) is 28.8 Å². The van der Waals surface area contributed by atoms with Gasteiger partial charge in [-0.1, -0.05) is 0 Å². The Morgan fingerprint density at radius 1 is 1.40 bits per heavy atom. The Hall–Kier alpha value is -1.71. The van der Waals surface area contributed by atoms with Gasteiger partial charge >= 0.3 is 5.69 Å². The number of piperidine rings is 1. The molecule has 2 aromatic rings. The summed E-state index contributed by atoms with van der Waals surface area (Å²) in [6.07, 6.45) is 3.14. The molecule has 0 aromatic carbocycles. The van der Waals surface area contributed by atoms with Crippen molar-refractivity contribution in [2.75, 3.05) is 32.6 Å². The van der Waals surface area contributed by atoms with Crippen molar-refractivity contribution < 1.29 is 13.2 Å². The second-order valence-electron chi connectivity index (χ2n) is 6.20. The smallest absolute Gasteiger partial charge is 0.330 e. The van der Waals surface area contributed by atoms with Crippen molar-refractivity contribution in [1.29, 1.82) is 0 Å². The first kappa shape index (κ1) is 18.1. The molecule has 0 bridgehead atoms. The molecule has 8 nitrogen and oxygen atoms in total. The molecule has 0 unspecified atom stereocenters. The predicted molar refractivity (Wildman–Crippen MR) is 95.2 cm³/mol. The number of fused-ring (bicyclic) bond motifs is 1. The molecule has 25 heavy (non-hydrogen) atoms. The summed E-state index contributed by atoms with van der Waals surface area (Å²) in [7, 11) is -1.67. The second kappa shape index (κ2) is 7.27. The third kappa shape index (κ3) is 3.36. The van der Waals surface area contributed by atoms with Crippen LogP contribution in [0.25, 0.3) is 11.2 Å². The van der Waals surface area contributed by atoms with Crippen molar-refractivity contribution in [2.45, 2.75) is 32.4 Å². The van der Waals surface area contributed by atoms with Crippen LogP contribution in [0.2, 0.25) is 0 Å². The number of ether oxygens (including phenoxy) is 1. The predicted octanol–water partition coefficient (Wildman–Crippen LogP) is 0.831. The summed E-state index contributed by atoms with van der Waals surface area (Å²) in [6, 6.07) is 3.45. The van der Waals surface area contributed by atoms with Gasteiger partial charge in [-0.05, 0) is 31.9 Å². The van der Waals surface area contributed by atoms with Gasteiger partial charge in [-0.25, -0.2) is 18.2 Å². The van der Waals surface area contributed by atoms with Gasteiger partial charge < -0.3 is 4.74 Å². The van der Waals surface area contributed by atoms with Gasteiger partial charge in [-0.15, -0.1) is 0 Å². The summed E-state index contributed by atoms with van der Waals surface area (Å²) in [5.41, 5.74) is 1.19. The molecule has 1 atom stereocenters. The van der Waals surface area contributed by atoms with Crippen LogP contribution >= 0.6 is 0 Å². The van der Waals surface area contributed by atoms with E-state index in [-0.39, 0.29) is 17.5 Å². The number of methoxy groups -OCH3 is 1. The summed E-state index contributed by atoms with van der Waals surface area (Å²) < 4.78 is 34.4. The lowest BCUT2D eigenvalue weighted by Crippen LogP contribution is -2.43. The van der Waals surface area contributed by atoms with Crippen LogP contribution < -0.4 is 5.69 Å². The minimum absolute atomic E-state index is 0.0719. The third-order valence-electron chi connectivity index (χ3n) is 4.72. The molecule has 1 fully saturated rings. The quantitative estimate of drug-likeness (QED) is 0.754. The molecule has 0 radical (unpaired) electrons. The van der Waals surface area contributed by atoms with Crippen LogP contribution in [0.5, 0.6) is 0 Å². The van der Waals surface area contributed by atoms with Gasteiger partial charge in [0.25, 0.3) is 0 Å². The van der Waals surface area contributed by atoms with Gasteiger partial charge in [-0.2, -0.15) is 4.31 Å². The maximum absolute atomic E-state index is 13.0. The lowest BCUT2D eigenvalue weighted by atomic mass is 10.1.